The topological polar surface area (TPSA) is 60.9 Å². The zero-order valence-corrected chi connectivity index (χ0v) is 13.3. The van der Waals surface area contributed by atoms with Crippen molar-refractivity contribution < 1.29 is 0 Å². The van der Waals surface area contributed by atoms with Gasteiger partial charge in [0.25, 0.3) is 0 Å². The van der Waals surface area contributed by atoms with E-state index in [9.17, 15) is 0 Å². The molecule has 110 valence electrons. The third-order valence-electron chi connectivity index (χ3n) is 4.68. The first-order chi connectivity index (χ1) is 10.2. The Kier molecular flexibility index (Phi) is 2.44. The molecule has 1 saturated heterocycles. The van der Waals surface area contributed by atoms with Gasteiger partial charge in [0.1, 0.15) is 11.2 Å². The average molecular weight is 320 g/mol. The van der Waals surface area contributed by atoms with Crippen molar-refractivity contribution in [1.82, 2.24) is 25.5 Å². The smallest absolute Gasteiger partial charge is 0.247 e. The number of thiophene rings is 1. The molecule has 0 saturated carbocycles. The van der Waals surface area contributed by atoms with Crippen molar-refractivity contribution in [2.24, 2.45) is 5.92 Å². The zero-order chi connectivity index (χ0) is 14.1. The predicted octanol–water partition coefficient (Wildman–Crippen LogP) is 2.00. The molecule has 2 aromatic heterocycles. The number of fused-ring (bicyclic) bond motifs is 8. The van der Waals surface area contributed by atoms with Crippen LogP contribution in [0.1, 0.15) is 35.5 Å². The summed E-state index contributed by atoms with van der Waals surface area (Å²) in [6.45, 7) is 3.10. The quantitative estimate of drug-likeness (QED) is 0.648. The highest BCUT2D eigenvalue weighted by molar-refractivity contribution is 7.71. The van der Waals surface area contributed by atoms with Crippen LogP contribution in [-0.2, 0) is 12.8 Å². The number of aromatic amines is 1. The van der Waals surface area contributed by atoms with Crippen LogP contribution in [0.15, 0.2) is 0 Å². The van der Waals surface area contributed by atoms with Crippen LogP contribution in [0, 0.1) is 10.7 Å². The number of hydrazine groups is 1. The zero-order valence-electron chi connectivity index (χ0n) is 11.6. The lowest BCUT2D eigenvalue weighted by Crippen LogP contribution is -2.39. The first kappa shape index (κ1) is 12.3. The minimum absolute atomic E-state index is 0.172. The molecule has 8 heteroatoms. The summed E-state index contributed by atoms with van der Waals surface area (Å²) in [5.41, 5.74) is 6.29. The van der Waals surface area contributed by atoms with Gasteiger partial charge in [-0.1, -0.05) is 6.92 Å². The Balaban J connectivity index is 1.81. The monoisotopic (exact) mass is 320 g/mol. The fourth-order valence-electron chi connectivity index (χ4n) is 3.67. The van der Waals surface area contributed by atoms with E-state index in [2.05, 4.69) is 37.4 Å². The van der Waals surface area contributed by atoms with Crippen LogP contribution in [0.25, 0.3) is 5.00 Å². The molecule has 0 radical (unpaired) electrons. The first-order valence-corrected chi connectivity index (χ1v) is 8.55. The van der Waals surface area contributed by atoms with Gasteiger partial charge in [0.2, 0.25) is 10.7 Å². The molecule has 1 aliphatic carbocycles. The normalized spacial score (nSPS) is 26.2. The van der Waals surface area contributed by atoms with Crippen molar-refractivity contribution in [3.63, 3.8) is 0 Å². The van der Waals surface area contributed by atoms with Gasteiger partial charge in [-0.25, -0.2) is 15.1 Å². The summed E-state index contributed by atoms with van der Waals surface area (Å²) in [6.07, 6.45) is 3.81. The number of nitrogens with zero attached hydrogens (tertiary/aromatic N) is 3. The molecule has 0 bridgehead atoms. The summed E-state index contributed by atoms with van der Waals surface area (Å²) in [5.74, 6) is 1.63. The van der Waals surface area contributed by atoms with E-state index in [0.29, 0.717) is 4.77 Å². The second-order valence-corrected chi connectivity index (χ2v) is 7.52. The highest BCUT2D eigenvalue weighted by atomic mass is 32.1. The van der Waals surface area contributed by atoms with Gasteiger partial charge in [-0.3, -0.25) is 10.3 Å². The summed E-state index contributed by atoms with van der Waals surface area (Å²) in [6, 6.07) is 0. The van der Waals surface area contributed by atoms with E-state index in [1.165, 1.54) is 40.3 Å². The van der Waals surface area contributed by atoms with Gasteiger partial charge in [0.15, 0.2) is 0 Å². The van der Waals surface area contributed by atoms with E-state index in [4.69, 9.17) is 12.2 Å². The molecule has 1 unspecified atom stereocenters. The highest BCUT2D eigenvalue weighted by Crippen LogP contribution is 2.46. The maximum Gasteiger partial charge on any atom is 0.247 e. The standard InChI is InChI=1S/C13H16N6S2/c1-6-2-3-7-8(4-6)21-11-9(7)10-14-5-15-19(10)12-16-17-13(20)18(11)12/h6,10,14-15H,2-5H2,1H3,(H,17,20)/t6-,10?/m0/s1. The number of anilines is 1. The van der Waals surface area contributed by atoms with Crippen molar-refractivity contribution in [2.75, 3.05) is 11.7 Å². The van der Waals surface area contributed by atoms with E-state index in [1.807, 2.05) is 11.3 Å². The third-order valence-corrected chi connectivity index (χ3v) is 6.21. The molecular weight excluding hydrogens is 304 g/mol. The van der Waals surface area contributed by atoms with E-state index in [0.717, 1.165) is 18.5 Å². The molecule has 0 aromatic carbocycles. The summed E-state index contributed by atoms with van der Waals surface area (Å²) >= 11 is 7.34. The SMILES string of the molecule is C[C@H]1CCc2c(sc3c2C2NCNN2c2n[nH]c(=S)n2-3)C1. The van der Waals surface area contributed by atoms with Crippen molar-refractivity contribution in [2.45, 2.75) is 32.4 Å². The fourth-order valence-corrected chi connectivity index (χ4v) is 5.49. The van der Waals surface area contributed by atoms with Crippen molar-refractivity contribution in [1.29, 1.82) is 0 Å². The van der Waals surface area contributed by atoms with E-state index in [1.54, 1.807) is 0 Å². The molecular formula is C13H16N6S2. The van der Waals surface area contributed by atoms with Crippen molar-refractivity contribution >= 4 is 29.5 Å². The maximum atomic E-state index is 5.45. The van der Waals surface area contributed by atoms with Crippen LogP contribution in [0.2, 0.25) is 0 Å². The van der Waals surface area contributed by atoms with Crippen LogP contribution < -0.4 is 15.8 Å². The average Bonchev–Trinajstić information content (AvgIpc) is 3.13. The number of H-pyrrole nitrogens is 1. The number of hydrogen-bond donors (Lipinski definition) is 3. The summed E-state index contributed by atoms with van der Waals surface area (Å²) < 4.78 is 2.75. The Bertz CT molecular complexity index is 787. The van der Waals surface area contributed by atoms with Crippen LogP contribution in [0.4, 0.5) is 5.95 Å². The lowest BCUT2D eigenvalue weighted by atomic mass is 9.87. The van der Waals surface area contributed by atoms with E-state index < -0.39 is 0 Å². The Morgan fingerprint density at radius 3 is 3.24 bits per heavy atom. The molecule has 2 aliphatic heterocycles. The van der Waals surface area contributed by atoms with Gasteiger partial charge in [0.05, 0.1) is 6.67 Å². The van der Waals surface area contributed by atoms with E-state index in [-0.39, 0.29) is 6.17 Å². The highest BCUT2D eigenvalue weighted by Gasteiger charge is 2.41. The predicted molar refractivity (Wildman–Crippen MR) is 84.2 cm³/mol. The molecule has 2 aromatic rings. The first-order valence-electron chi connectivity index (χ1n) is 7.32. The van der Waals surface area contributed by atoms with Crippen molar-refractivity contribution in [3.05, 3.63) is 20.8 Å². The van der Waals surface area contributed by atoms with Gasteiger partial charge >= 0.3 is 0 Å². The molecule has 4 heterocycles. The number of rotatable bonds is 0. The molecule has 2 atom stereocenters. The van der Waals surface area contributed by atoms with Crippen LogP contribution in [-0.4, -0.2) is 21.4 Å². The fraction of sp³-hybridized carbons (Fsp3) is 0.538. The molecule has 21 heavy (non-hydrogen) atoms. The van der Waals surface area contributed by atoms with Gasteiger partial charge in [-0.05, 0) is 43.0 Å². The summed E-state index contributed by atoms with van der Waals surface area (Å²) in [5, 5.41) is 14.2. The van der Waals surface area contributed by atoms with Crippen LogP contribution in [0.3, 0.4) is 0 Å². The number of nitrogens with one attached hydrogen (secondary N) is 3. The molecule has 1 fully saturated rings. The van der Waals surface area contributed by atoms with Gasteiger partial charge in [0, 0.05) is 10.4 Å². The number of hydrogen-bond acceptors (Lipinski definition) is 6. The Hall–Kier alpha value is -1.22. The van der Waals surface area contributed by atoms with Gasteiger partial charge in [-0.15, -0.1) is 16.4 Å². The maximum absolute atomic E-state index is 5.45. The van der Waals surface area contributed by atoms with Crippen LogP contribution in [0.5, 0.6) is 0 Å². The molecule has 3 aliphatic rings. The number of aromatic nitrogens is 3. The van der Waals surface area contributed by atoms with E-state index >= 15 is 0 Å². The Labute approximate surface area is 131 Å². The minimum Gasteiger partial charge on any atom is -0.278 e. The third kappa shape index (κ3) is 1.53. The lowest BCUT2D eigenvalue weighted by molar-refractivity contribution is 0.499. The second-order valence-electron chi connectivity index (χ2n) is 6.05. The van der Waals surface area contributed by atoms with Crippen LogP contribution >= 0.6 is 23.6 Å². The van der Waals surface area contributed by atoms with Gasteiger partial charge < -0.3 is 0 Å². The second kappa shape index (κ2) is 4.16. The lowest BCUT2D eigenvalue weighted by Gasteiger charge is -2.30. The molecule has 6 nitrogen and oxygen atoms in total. The summed E-state index contributed by atoms with van der Waals surface area (Å²) in [4.78, 5) is 1.53. The molecule has 0 amide bonds. The van der Waals surface area contributed by atoms with Crippen molar-refractivity contribution in [3.8, 4) is 5.00 Å². The Morgan fingerprint density at radius 1 is 1.43 bits per heavy atom. The Morgan fingerprint density at radius 2 is 2.33 bits per heavy atom. The minimum atomic E-state index is 0.172. The largest absolute Gasteiger partial charge is 0.278 e. The van der Waals surface area contributed by atoms with Gasteiger partial charge in [-0.2, -0.15) is 0 Å². The molecule has 3 N–H and O–H groups in total. The molecule has 5 rings (SSSR count). The molecule has 0 spiro atoms. The summed E-state index contributed by atoms with van der Waals surface area (Å²) in [7, 11) is 0.